The first kappa shape index (κ1) is 90.9. The summed E-state index contributed by atoms with van der Waals surface area (Å²) in [5.74, 6) is -0.535. The van der Waals surface area contributed by atoms with E-state index in [1.807, 2.05) is 0 Å². The molecule has 0 radical (unpaired) electrons. The molecule has 558 valence electrons. The molecule has 2 aromatic heterocycles. The van der Waals surface area contributed by atoms with Gasteiger partial charge in [0.05, 0.1) is 40.0 Å². The van der Waals surface area contributed by atoms with Gasteiger partial charge in [-0.15, -0.1) is 0 Å². The normalized spacial score (nSPS) is 11.2. The zero-order chi connectivity index (χ0) is 76.7. The van der Waals surface area contributed by atoms with Crippen molar-refractivity contribution in [1.82, 2.24) is 9.13 Å². The first-order valence-corrected chi connectivity index (χ1v) is 41.3. The third-order valence-corrected chi connectivity index (χ3v) is 24.7. The maximum atomic E-state index is 11.9. The van der Waals surface area contributed by atoms with Crippen molar-refractivity contribution in [3.8, 4) is 0 Å². The van der Waals surface area contributed by atoms with Gasteiger partial charge in [-0.05, 0) is 165 Å². The first-order chi connectivity index (χ1) is 48.5. The van der Waals surface area contributed by atoms with Gasteiger partial charge >= 0.3 is 37.9 Å². The predicted molar refractivity (Wildman–Crippen MR) is 409 cm³/mol. The molecule has 0 aliphatic carbocycles. The summed E-state index contributed by atoms with van der Waals surface area (Å²) < 4.78 is 164. The summed E-state index contributed by atoms with van der Waals surface area (Å²) in [6.07, 6.45) is 0. The maximum absolute atomic E-state index is 11.9. The molecule has 0 fully saturated rings. The van der Waals surface area contributed by atoms with E-state index in [1.165, 1.54) is 102 Å². The number of hydrogen-bond donors (Lipinski definition) is 0. The van der Waals surface area contributed by atoms with Crippen molar-refractivity contribution in [3.05, 3.63) is 313 Å². The van der Waals surface area contributed by atoms with Gasteiger partial charge in [0.25, 0.3) is 0 Å². The van der Waals surface area contributed by atoms with Gasteiger partial charge in [0, 0.05) is 48.1 Å². The summed E-state index contributed by atoms with van der Waals surface area (Å²) in [6.45, 7) is 27.6. The average Bonchev–Trinajstić information content (AvgIpc) is 1.64. The average molecular weight is 1640 g/mol. The third kappa shape index (κ3) is 29.6. The fourth-order valence-electron chi connectivity index (χ4n) is 10.3. The van der Waals surface area contributed by atoms with Gasteiger partial charge in [-0.3, -0.25) is 0 Å². The first-order valence-electron chi connectivity index (χ1n) is 32.5. The molecule has 0 saturated heterocycles. The van der Waals surface area contributed by atoms with E-state index in [9.17, 15) is 39.5 Å². The fourth-order valence-corrected chi connectivity index (χ4v) is 20.0. The second-order valence-electron chi connectivity index (χ2n) is 23.7. The summed E-state index contributed by atoms with van der Waals surface area (Å²) in [5, 5.41) is 8.61. The van der Waals surface area contributed by atoms with Crippen LogP contribution in [-0.2, 0) is 40.7 Å². The molecule has 0 saturated carbocycles. The number of nitrogens with zero attached hydrogens (tertiary/aromatic N) is 4. The Labute approximate surface area is 626 Å². The van der Waals surface area contributed by atoms with Crippen LogP contribution < -0.4 is 52.1 Å². The van der Waals surface area contributed by atoms with E-state index in [-0.39, 0.29) is 37.9 Å². The topological polar surface area (TPSA) is 132 Å². The van der Waals surface area contributed by atoms with Crippen LogP contribution in [0.3, 0.4) is 0 Å². The van der Waals surface area contributed by atoms with Crippen molar-refractivity contribution < 1.29 is 95.0 Å². The number of hydrogen-bond acceptors (Lipinski definition) is 6. The van der Waals surface area contributed by atoms with Gasteiger partial charge in [-0.1, -0.05) is 164 Å². The van der Waals surface area contributed by atoms with E-state index >= 15 is 0 Å². The Morgan fingerprint density at radius 2 is 0.490 bits per heavy atom. The zero-order valence-electron chi connectivity index (χ0n) is 59.6. The van der Waals surface area contributed by atoms with Crippen molar-refractivity contribution in [2.45, 2.75) is 118 Å². The Bertz CT molecular complexity index is 3940. The minimum Gasteiger partial charge on any atom is -0.741 e. The predicted octanol–water partition coefficient (Wildman–Crippen LogP) is 16.6. The minimum atomic E-state index is -6.09. The second kappa shape index (κ2) is 44.6. The molecule has 0 bridgehead atoms. The third-order valence-electron chi connectivity index (χ3n) is 14.9. The Morgan fingerprint density at radius 3 is 0.606 bits per heavy atom. The maximum Gasteiger partial charge on any atom is 0.495 e. The standard InChI is InChI=1S/C22H42N4P2.2C18H15P.3C6H5F.2CHF3O3S.Pd/c1-13(2)23-17(9)18(10)24(14(3)4)21(23)27-28-22-25(15(5)6)19(11)20(12)26(22)16(7)8;2*1-4-10-16(11-5-1)19(17-12-6-2-7-13-17)18-14-8-3-9-15-18;3*7-6-4-2-1-3-5-6;2*2-1(3,4)8(5,6)7;/h13-16,27-28H,1-12H3;2*1-15H;3*1-5H;2*(H,5,6,7);/q+4;;;;;;;;. The molecule has 104 heavy (non-hydrogen) atoms. The Hall–Kier alpha value is -7.29. The number of alkyl halides is 6. The van der Waals surface area contributed by atoms with E-state index in [4.69, 9.17) is 25.9 Å². The molecule has 0 spiro atoms. The Balaban J connectivity index is 0.000000328. The van der Waals surface area contributed by atoms with E-state index in [0.29, 0.717) is 24.2 Å². The van der Waals surface area contributed by atoms with Crippen LogP contribution in [0.4, 0.5) is 39.5 Å². The summed E-state index contributed by atoms with van der Waals surface area (Å²) in [5.41, 5.74) is -2.63. The van der Waals surface area contributed by atoms with Gasteiger partial charge in [0.15, 0.2) is 20.2 Å². The van der Waals surface area contributed by atoms with Gasteiger partial charge in [0.1, 0.15) is 72.1 Å². The molecule has 2 unspecified atom stereocenters. The van der Waals surface area contributed by atoms with E-state index < -0.39 is 47.1 Å². The van der Waals surface area contributed by atoms with Crippen molar-refractivity contribution in [3.63, 3.8) is 0 Å². The molecular weight excluding hydrogens is 1550 g/mol. The van der Waals surface area contributed by atoms with Crippen molar-refractivity contribution in [1.29, 1.82) is 0 Å². The monoisotopic (exact) mass is 1640 g/mol. The molecule has 0 aliphatic rings. The van der Waals surface area contributed by atoms with Gasteiger partial charge in [-0.2, -0.15) is 44.6 Å². The van der Waals surface area contributed by atoms with Crippen LogP contribution in [0, 0.1) is 45.1 Å². The molecule has 0 N–H and O–H groups in total. The number of halogens is 9. The SMILES string of the molecule is Cc1c(C)[n+](C(C)C)c(/[PH+]=[PH+]/c2n(C(C)C)c(C)c(C)[n+]2C(C)C)n1C(C)C.Fc1ccccc1.Fc1ccccc1.Fc1ccccc1.O=S(=O)([O-])C(F)(F)F.O=S(=O)([O-])C(F)(F)F.[Pd].c1ccc([PH+](c2ccccc2)c2ccccc2)cc1.c1ccc([PH+](c2ccccc2)c2ccccc2)cc1. The minimum absolute atomic E-state index is 0. The van der Waals surface area contributed by atoms with E-state index in [2.05, 4.69) is 283 Å². The molecule has 0 amide bonds. The van der Waals surface area contributed by atoms with Crippen molar-refractivity contribution >= 4 is 94.8 Å². The summed E-state index contributed by atoms with van der Waals surface area (Å²) >= 11 is 0. The molecule has 0 aliphatic heterocycles. The summed E-state index contributed by atoms with van der Waals surface area (Å²) in [6, 6.07) is 90.8. The Morgan fingerprint density at radius 1 is 0.337 bits per heavy atom. The quantitative estimate of drug-likeness (QED) is 0.0299. The molecule has 11 rings (SSSR count). The van der Waals surface area contributed by atoms with Gasteiger partial charge in [-0.25, -0.2) is 30.0 Å². The van der Waals surface area contributed by atoms with E-state index in [0.717, 1.165) is 15.7 Å². The van der Waals surface area contributed by atoms with Crippen LogP contribution in [0.25, 0.3) is 0 Å². The van der Waals surface area contributed by atoms with Crippen molar-refractivity contribution in [2.24, 2.45) is 0 Å². The van der Waals surface area contributed by atoms with Gasteiger partial charge in [0.2, 0.25) is 0 Å². The molecular formula is C78H89F9N4O6P4PdS2+4. The number of aromatic nitrogens is 4. The molecule has 9 aromatic carbocycles. The molecule has 26 heteroatoms. The smallest absolute Gasteiger partial charge is 0.495 e. The van der Waals surface area contributed by atoms with Gasteiger partial charge < -0.3 is 9.11 Å². The van der Waals surface area contributed by atoms with Crippen LogP contribution in [-0.4, -0.2) is 46.1 Å². The molecule has 2 heterocycles. The van der Waals surface area contributed by atoms with Crippen molar-refractivity contribution in [2.75, 3.05) is 0 Å². The molecule has 2 atom stereocenters. The van der Waals surface area contributed by atoms with Crippen LogP contribution in [0.15, 0.2) is 273 Å². The summed E-state index contributed by atoms with van der Waals surface area (Å²) in [4.78, 5) is 0. The summed E-state index contributed by atoms with van der Waals surface area (Å²) in [7, 11) is -12.4. The van der Waals surface area contributed by atoms with Crippen LogP contribution >= 0.6 is 31.6 Å². The fraction of sp³-hybridized carbons (Fsp3) is 0.231. The number of benzene rings is 9. The number of rotatable bonds is 12. The van der Waals surface area contributed by atoms with Crippen LogP contribution in [0.5, 0.6) is 0 Å². The van der Waals surface area contributed by atoms with Crippen LogP contribution in [0.2, 0.25) is 0 Å². The molecule has 11 aromatic rings. The van der Waals surface area contributed by atoms with E-state index in [1.54, 1.807) is 54.6 Å². The largest absolute Gasteiger partial charge is 0.741 e. The Kier molecular flexibility index (Phi) is 39.0. The van der Waals surface area contributed by atoms with Crippen LogP contribution in [0.1, 0.15) is 102 Å². The zero-order valence-corrected chi connectivity index (χ0v) is 66.8. The second-order valence-corrected chi connectivity index (χ2v) is 34.3. The molecule has 10 nitrogen and oxygen atoms in total. The number of imidazole rings is 2.